The molecule has 3 aromatic heterocycles. The minimum atomic E-state index is 0.780. The SMILES string of the molecule is C1=Cc2cc(Cn3cc(-c4ccnc5[nH]ccc45)cn3)ccc2CC1. The van der Waals surface area contributed by atoms with Gasteiger partial charge in [0.25, 0.3) is 0 Å². The Labute approximate surface area is 145 Å². The number of fused-ring (bicyclic) bond motifs is 2. The summed E-state index contributed by atoms with van der Waals surface area (Å²) in [5, 5.41) is 5.69. The minimum Gasteiger partial charge on any atom is -0.346 e. The van der Waals surface area contributed by atoms with Crippen LogP contribution in [0, 0.1) is 0 Å². The van der Waals surface area contributed by atoms with Gasteiger partial charge in [-0.3, -0.25) is 4.68 Å². The molecule has 0 unspecified atom stereocenters. The van der Waals surface area contributed by atoms with Crippen molar-refractivity contribution in [3.8, 4) is 11.1 Å². The molecule has 0 atom stereocenters. The number of benzene rings is 1. The second-order valence-electron chi connectivity index (χ2n) is 6.50. The first-order valence-corrected chi connectivity index (χ1v) is 8.60. The maximum atomic E-state index is 4.56. The van der Waals surface area contributed by atoms with Crippen LogP contribution in [0.15, 0.2) is 61.2 Å². The van der Waals surface area contributed by atoms with Crippen molar-refractivity contribution in [1.29, 1.82) is 0 Å². The van der Waals surface area contributed by atoms with Crippen LogP contribution in [0.5, 0.6) is 0 Å². The molecule has 4 heteroatoms. The third-order valence-electron chi connectivity index (χ3n) is 4.84. The van der Waals surface area contributed by atoms with Gasteiger partial charge in [-0.05, 0) is 53.3 Å². The lowest BCUT2D eigenvalue weighted by molar-refractivity contribution is 0.686. The van der Waals surface area contributed by atoms with Gasteiger partial charge in [0.2, 0.25) is 0 Å². The smallest absolute Gasteiger partial charge is 0.137 e. The van der Waals surface area contributed by atoms with E-state index in [1.807, 2.05) is 29.3 Å². The van der Waals surface area contributed by atoms with Gasteiger partial charge in [-0.2, -0.15) is 5.10 Å². The van der Waals surface area contributed by atoms with Gasteiger partial charge < -0.3 is 4.98 Å². The molecule has 0 amide bonds. The lowest BCUT2D eigenvalue weighted by Crippen LogP contribution is -2.02. The van der Waals surface area contributed by atoms with Gasteiger partial charge in [-0.25, -0.2) is 4.98 Å². The quantitative estimate of drug-likeness (QED) is 0.605. The maximum Gasteiger partial charge on any atom is 0.137 e. The Balaban J connectivity index is 1.45. The van der Waals surface area contributed by atoms with Crippen molar-refractivity contribution in [1.82, 2.24) is 19.7 Å². The fourth-order valence-electron chi connectivity index (χ4n) is 3.56. The van der Waals surface area contributed by atoms with Crippen molar-refractivity contribution in [2.45, 2.75) is 19.4 Å². The number of aromatic nitrogens is 4. The first-order chi connectivity index (χ1) is 12.4. The topological polar surface area (TPSA) is 46.5 Å². The molecule has 25 heavy (non-hydrogen) atoms. The fourth-order valence-corrected chi connectivity index (χ4v) is 3.56. The second-order valence-corrected chi connectivity index (χ2v) is 6.50. The predicted octanol–water partition coefficient (Wildman–Crippen LogP) is 4.43. The number of pyridine rings is 1. The summed E-state index contributed by atoms with van der Waals surface area (Å²) in [6.45, 7) is 0.780. The van der Waals surface area contributed by atoms with Crippen LogP contribution in [-0.4, -0.2) is 19.7 Å². The lowest BCUT2D eigenvalue weighted by atomic mass is 9.95. The number of aryl methyl sites for hydroxylation is 1. The summed E-state index contributed by atoms with van der Waals surface area (Å²) in [6.07, 6.45) is 14.6. The molecule has 1 aliphatic carbocycles. The molecule has 1 N–H and O–H groups in total. The highest BCUT2D eigenvalue weighted by Gasteiger charge is 2.09. The van der Waals surface area contributed by atoms with Crippen LogP contribution in [0.25, 0.3) is 28.2 Å². The summed E-state index contributed by atoms with van der Waals surface area (Å²) in [5.74, 6) is 0. The predicted molar refractivity (Wildman–Crippen MR) is 100 cm³/mol. The number of nitrogens with one attached hydrogen (secondary N) is 1. The summed E-state index contributed by atoms with van der Waals surface area (Å²) >= 11 is 0. The van der Waals surface area contributed by atoms with E-state index in [9.17, 15) is 0 Å². The van der Waals surface area contributed by atoms with Crippen LogP contribution in [0.3, 0.4) is 0 Å². The van der Waals surface area contributed by atoms with Crippen LogP contribution in [0.4, 0.5) is 0 Å². The molecule has 5 rings (SSSR count). The number of hydrogen-bond acceptors (Lipinski definition) is 2. The van der Waals surface area contributed by atoms with Crippen LogP contribution in [0.1, 0.15) is 23.1 Å². The second kappa shape index (κ2) is 5.74. The van der Waals surface area contributed by atoms with Crippen LogP contribution in [0.2, 0.25) is 0 Å². The first-order valence-electron chi connectivity index (χ1n) is 8.60. The summed E-state index contributed by atoms with van der Waals surface area (Å²) in [6, 6.07) is 10.9. The van der Waals surface area contributed by atoms with Crippen molar-refractivity contribution in [2.75, 3.05) is 0 Å². The van der Waals surface area contributed by atoms with E-state index in [2.05, 4.69) is 57.7 Å². The van der Waals surface area contributed by atoms with E-state index in [-0.39, 0.29) is 0 Å². The average molecular weight is 326 g/mol. The van der Waals surface area contributed by atoms with Gasteiger partial charge in [0.15, 0.2) is 0 Å². The molecule has 0 spiro atoms. The normalized spacial score (nSPS) is 13.3. The Morgan fingerprint density at radius 2 is 2.16 bits per heavy atom. The Hall–Kier alpha value is -3.14. The van der Waals surface area contributed by atoms with Crippen molar-refractivity contribution in [3.05, 3.63) is 77.9 Å². The summed E-state index contributed by atoms with van der Waals surface area (Å²) in [4.78, 5) is 7.51. The highest BCUT2D eigenvalue weighted by Crippen LogP contribution is 2.27. The van der Waals surface area contributed by atoms with Crippen LogP contribution >= 0.6 is 0 Å². The Bertz CT molecular complexity index is 1080. The Morgan fingerprint density at radius 1 is 1.16 bits per heavy atom. The molecular formula is C21H18N4. The van der Waals surface area contributed by atoms with E-state index < -0.39 is 0 Å². The van der Waals surface area contributed by atoms with E-state index in [4.69, 9.17) is 0 Å². The van der Waals surface area contributed by atoms with E-state index in [0.29, 0.717) is 0 Å². The first kappa shape index (κ1) is 14.2. The number of nitrogens with zero attached hydrogens (tertiary/aromatic N) is 3. The Morgan fingerprint density at radius 3 is 3.16 bits per heavy atom. The highest BCUT2D eigenvalue weighted by molar-refractivity contribution is 5.92. The van der Waals surface area contributed by atoms with Gasteiger partial charge in [-0.15, -0.1) is 0 Å². The van der Waals surface area contributed by atoms with Crippen molar-refractivity contribution >= 4 is 17.1 Å². The van der Waals surface area contributed by atoms with Crippen molar-refractivity contribution < 1.29 is 0 Å². The third-order valence-corrected chi connectivity index (χ3v) is 4.84. The molecule has 0 bridgehead atoms. The molecule has 122 valence electrons. The molecule has 4 nitrogen and oxygen atoms in total. The molecule has 1 aromatic carbocycles. The third kappa shape index (κ3) is 2.56. The molecule has 4 aromatic rings. The van der Waals surface area contributed by atoms with E-state index >= 15 is 0 Å². The molecule has 1 aliphatic rings. The van der Waals surface area contributed by atoms with Gasteiger partial charge in [0.05, 0.1) is 12.7 Å². The maximum absolute atomic E-state index is 4.56. The summed E-state index contributed by atoms with van der Waals surface area (Å²) in [5.41, 5.74) is 7.25. The number of allylic oxidation sites excluding steroid dienone is 1. The summed E-state index contributed by atoms with van der Waals surface area (Å²) < 4.78 is 2.00. The summed E-state index contributed by atoms with van der Waals surface area (Å²) in [7, 11) is 0. The number of rotatable bonds is 3. The lowest BCUT2D eigenvalue weighted by Gasteiger charge is -2.12. The van der Waals surface area contributed by atoms with Crippen molar-refractivity contribution in [3.63, 3.8) is 0 Å². The van der Waals surface area contributed by atoms with E-state index in [1.54, 1.807) is 0 Å². The zero-order chi connectivity index (χ0) is 16.6. The molecule has 0 radical (unpaired) electrons. The zero-order valence-corrected chi connectivity index (χ0v) is 13.8. The fraction of sp³-hybridized carbons (Fsp3) is 0.143. The van der Waals surface area contributed by atoms with Crippen LogP contribution in [-0.2, 0) is 13.0 Å². The van der Waals surface area contributed by atoms with E-state index in [0.717, 1.165) is 41.5 Å². The average Bonchev–Trinajstić information content (AvgIpc) is 3.30. The van der Waals surface area contributed by atoms with Gasteiger partial charge in [0.1, 0.15) is 5.65 Å². The number of H-pyrrole nitrogens is 1. The molecule has 3 heterocycles. The zero-order valence-electron chi connectivity index (χ0n) is 13.8. The minimum absolute atomic E-state index is 0.780. The molecule has 0 aliphatic heterocycles. The highest BCUT2D eigenvalue weighted by atomic mass is 15.3. The molecule has 0 saturated carbocycles. The monoisotopic (exact) mass is 326 g/mol. The van der Waals surface area contributed by atoms with Gasteiger partial charge >= 0.3 is 0 Å². The largest absolute Gasteiger partial charge is 0.346 e. The number of hydrogen-bond donors (Lipinski definition) is 1. The van der Waals surface area contributed by atoms with Gasteiger partial charge in [-0.1, -0.05) is 24.3 Å². The number of aromatic amines is 1. The van der Waals surface area contributed by atoms with Gasteiger partial charge in [0, 0.05) is 29.5 Å². The standard InChI is InChI=1S/C21H18N4/c1-2-4-17-11-15(5-6-16(17)3-1)13-25-14-18(12-24-25)19-7-9-22-21-20(19)8-10-23-21/h2,4-12,14H,1,3,13H2,(H,22,23). The molecule has 0 fully saturated rings. The molecular weight excluding hydrogens is 308 g/mol. The van der Waals surface area contributed by atoms with Crippen LogP contribution < -0.4 is 0 Å². The van der Waals surface area contributed by atoms with E-state index in [1.165, 1.54) is 16.7 Å². The Kier molecular flexibility index (Phi) is 3.27. The van der Waals surface area contributed by atoms with Crippen molar-refractivity contribution in [2.24, 2.45) is 0 Å². The molecule has 0 saturated heterocycles.